The molecule has 82 valence electrons. The van der Waals surface area contributed by atoms with Crippen molar-refractivity contribution in [2.45, 2.75) is 13.3 Å². The van der Waals surface area contributed by atoms with Crippen LogP contribution in [-0.2, 0) is 4.84 Å². The van der Waals surface area contributed by atoms with Crippen LogP contribution in [0.3, 0.4) is 0 Å². The van der Waals surface area contributed by atoms with Gasteiger partial charge in [-0.1, -0.05) is 47.1 Å². The fraction of sp³-hybridized carbons (Fsp3) is 0.214. The van der Waals surface area contributed by atoms with Gasteiger partial charge in [0.2, 0.25) is 0 Å². The van der Waals surface area contributed by atoms with Gasteiger partial charge < -0.3 is 4.84 Å². The highest BCUT2D eigenvalue weighted by molar-refractivity contribution is 5.89. The van der Waals surface area contributed by atoms with Crippen LogP contribution in [0.2, 0.25) is 0 Å². The predicted octanol–water partition coefficient (Wildman–Crippen LogP) is 3.40. The second-order valence-electron chi connectivity index (χ2n) is 3.83. The largest absolute Gasteiger partial charge is 0.399 e. The molecular formula is C14H15NO. The van der Waals surface area contributed by atoms with E-state index >= 15 is 0 Å². The number of oxime groups is 1. The molecule has 2 rings (SSSR count). The third-order valence-corrected chi connectivity index (χ3v) is 2.65. The van der Waals surface area contributed by atoms with E-state index in [1.54, 1.807) is 13.3 Å². The van der Waals surface area contributed by atoms with Crippen LogP contribution >= 0.6 is 0 Å². The van der Waals surface area contributed by atoms with Crippen LogP contribution in [-0.4, -0.2) is 13.3 Å². The van der Waals surface area contributed by atoms with Crippen LogP contribution in [0.1, 0.15) is 24.5 Å². The van der Waals surface area contributed by atoms with Gasteiger partial charge in [-0.2, -0.15) is 0 Å². The number of benzene rings is 1. The summed E-state index contributed by atoms with van der Waals surface area (Å²) in [6.07, 6.45) is 7.21. The van der Waals surface area contributed by atoms with Gasteiger partial charge in [-0.3, -0.25) is 0 Å². The first-order valence-corrected chi connectivity index (χ1v) is 5.34. The molecule has 2 nitrogen and oxygen atoms in total. The maximum Gasteiger partial charge on any atom is 0.106 e. The summed E-state index contributed by atoms with van der Waals surface area (Å²) in [5, 5.41) is 3.82. The maximum atomic E-state index is 4.72. The van der Waals surface area contributed by atoms with E-state index in [1.807, 2.05) is 18.2 Å². The fourth-order valence-corrected chi connectivity index (χ4v) is 1.86. The third kappa shape index (κ3) is 2.22. The fourth-order valence-electron chi connectivity index (χ4n) is 1.86. The highest BCUT2D eigenvalue weighted by Gasteiger charge is 2.09. The molecule has 0 radical (unpaired) electrons. The zero-order valence-corrected chi connectivity index (χ0v) is 9.60. The van der Waals surface area contributed by atoms with Crippen molar-refractivity contribution in [1.82, 2.24) is 0 Å². The number of rotatable bonds is 3. The topological polar surface area (TPSA) is 21.6 Å². The Hall–Kier alpha value is -1.83. The first-order valence-electron chi connectivity index (χ1n) is 5.34. The molecule has 1 aliphatic rings. The SMILES string of the molecule is CON=Cc1ccccc1C1=CC(C)=CC1. The first kappa shape index (κ1) is 10.7. The zero-order valence-electron chi connectivity index (χ0n) is 9.60. The second kappa shape index (κ2) is 4.79. The van der Waals surface area contributed by atoms with Crippen LogP contribution in [0.15, 0.2) is 47.1 Å². The Morgan fingerprint density at radius 1 is 1.31 bits per heavy atom. The summed E-state index contributed by atoms with van der Waals surface area (Å²) in [7, 11) is 1.56. The van der Waals surface area contributed by atoms with Gasteiger partial charge in [0.05, 0.1) is 6.21 Å². The van der Waals surface area contributed by atoms with Crippen LogP contribution in [0, 0.1) is 0 Å². The molecule has 0 fully saturated rings. The average molecular weight is 213 g/mol. The number of hydrogen-bond donors (Lipinski definition) is 0. The molecule has 0 aliphatic heterocycles. The Labute approximate surface area is 95.9 Å². The molecule has 0 saturated carbocycles. The van der Waals surface area contributed by atoms with E-state index in [2.05, 4.69) is 30.3 Å². The van der Waals surface area contributed by atoms with Crippen molar-refractivity contribution in [2.24, 2.45) is 5.16 Å². The van der Waals surface area contributed by atoms with E-state index in [1.165, 1.54) is 16.7 Å². The summed E-state index contributed by atoms with van der Waals surface area (Å²) in [5.41, 5.74) is 5.00. The molecule has 0 unspecified atom stereocenters. The van der Waals surface area contributed by atoms with Crippen LogP contribution < -0.4 is 0 Å². The Bertz CT molecular complexity index is 469. The normalized spacial score (nSPS) is 15.1. The van der Waals surface area contributed by atoms with Gasteiger partial charge in [-0.15, -0.1) is 0 Å². The zero-order chi connectivity index (χ0) is 11.4. The molecule has 0 atom stereocenters. The van der Waals surface area contributed by atoms with Crippen LogP contribution in [0.25, 0.3) is 5.57 Å². The van der Waals surface area contributed by atoms with Crippen LogP contribution in [0.4, 0.5) is 0 Å². The van der Waals surface area contributed by atoms with Gasteiger partial charge in [-0.25, -0.2) is 0 Å². The number of nitrogens with zero attached hydrogens (tertiary/aromatic N) is 1. The molecule has 16 heavy (non-hydrogen) atoms. The van der Waals surface area contributed by atoms with E-state index in [9.17, 15) is 0 Å². The molecular weight excluding hydrogens is 198 g/mol. The molecule has 1 aromatic rings. The monoisotopic (exact) mass is 213 g/mol. The standard InChI is InChI=1S/C14H15NO/c1-11-7-8-12(9-11)14-6-4-3-5-13(14)10-15-16-2/h3-7,9-10H,8H2,1-2H3. The minimum Gasteiger partial charge on any atom is -0.399 e. The Morgan fingerprint density at radius 3 is 2.81 bits per heavy atom. The van der Waals surface area contributed by atoms with Crippen molar-refractivity contribution >= 4 is 11.8 Å². The lowest BCUT2D eigenvalue weighted by molar-refractivity contribution is 0.215. The lowest BCUT2D eigenvalue weighted by Gasteiger charge is -2.05. The van der Waals surface area contributed by atoms with Crippen molar-refractivity contribution < 1.29 is 4.84 Å². The lowest BCUT2D eigenvalue weighted by Crippen LogP contribution is -1.91. The summed E-state index contributed by atoms with van der Waals surface area (Å²) in [5.74, 6) is 0. The molecule has 0 amide bonds. The van der Waals surface area contributed by atoms with Crippen LogP contribution in [0.5, 0.6) is 0 Å². The van der Waals surface area contributed by atoms with Crippen molar-refractivity contribution in [3.63, 3.8) is 0 Å². The van der Waals surface area contributed by atoms with Gasteiger partial charge >= 0.3 is 0 Å². The van der Waals surface area contributed by atoms with E-state index in [4.69, 9.17) is 4.84 Å². The molecule has 2 heteroatoms. The summed E-state index contributed by atoms with van der Waals surface area (Å²) < 4.78 is 0. The summed E-state index contributed by atoms with van der Waals surface area (Å²) in [6, 6.07) is 8.23. The Kier molecular flexibility index (Phi) is 3.20. The summed E-state index contributed by atoms with van der Waals surface area (Å²) >= 11 is 0. The summed E-state index contributed by atoms with van der Waals surface area (Å²) in [6.45, 7) is 2.12. The molecule has 0 saturated heterocycles. The minimum absolute atomic E-state index is 1.00. The quantitative estimate of drug-likeness (QED) is 0.557. The van der Waals surface area contributed by atoms with Crippen molar-refractivity contribution in [3.05, 3.63) is 53.1 Å². The summed E-state index contributed by atoms with van der Waals surface area (Å²) in [4.78, 5) is 4.72. The van der Waals surface area contributed by atoms with E-state index in [0.29, 0.717) is 0 Å². The Balaban J connectivity index is 2.34. The molecule has 0 heterocycles. The predicted molar refractivity (Wildman–Crippen MR) is 67.4 cm³/mol. The third-order valence-electron chi connectivity index (χ3n) is 2.65. The molecule has 0 bridgehead atoms. The van der Waals surface area contributed by atoms with E-state index in [0.717, 1.165) is 12.0 Å². The average Bonchev–Trinajstić information content (AvgIpc) is 2.73. The van der Waals surface area contributed by atoms with Crippen molar-refractivity contribution in [1.29, 1.82) is 0 Å². The van der Waals surface area contributed by atoms with Gasteiger partial charge in [0, 0.05) is 5.56 Å². The Morgan fingerprint density at radius 2 is 2.12 bits per heavy atom. The van der Waals surface area contributed by atoms with E-state index in [-0.39, 0.29) is 0 Å². The minimum atomic E-state index is 1.00. The van der Waals surface area contributed by atoms with E-state index < -0.39 is 0 Å². The van der Waals surface area contributed by atoms with Gasteiger partial charge in [0.1, 0.15) is 7.11 Å². The number of allylic oxidation sites excluding steroid dienone is 4. The van der Waals surface area contributed by atoms with Crippen molar-refractivity contribution in [3.8, 4) is 0 Å². The molecule has 0 N–H and O–H groups in total. The highest BCUT2D eigenvalue weighted by atomic mass is 16.6. The van der Waals surface area contributed by atoms with Gasteiger partial charge in [0.15, 0.2) is 0 Å². The smallest absolute Gasteiger partial charge is 0.106 e. The van der Waals surface area contributed by atoms with Gasteiger partial charge in [0.25, 0.3) is 0 Å². The number of hydrogen-bond acceptors (Lipinski definition) is 2. The highest BCUT2D eigenvalue weighted by Crippen LogP contribution is 2.28. The molecule has 1 aromatic carbocycles. The van der Waals surface area contributed by atoms with Gasteiger partial charge in [-0.05, 0) is 24.5 Å². The molecule has 1 aliphatic carbocycles. The van der Waals surface area contributed by atoms with Crippen molar-refractivity contribution in [2.75, 3.05) is 7.11 Å². The molecule has 0 aromatic heterocycles. The maximum absolute atomic E-state index is 4.72. The first-order chi connectivity index (χ1) is 7.81. The second-order valence-corrected chi connectivity index (χ2v) is 3.83. The molecule has 0 spiro atoms. The lowest BCUT2D eigenvalue weighted by atomic mass is 10.00.